The number of hydrogen-bond acceptors (Lipinski definition) is 4. The minimum absolute atomic E-state index is 0.0843. The summed E-state index contributed by atoms with van der Waals surface area (Å²) in [7, 11) is -3.66. The van der Waals surface area contributed by atoms with E-state index in [0.29, 0.717) is 0 Å². The lowest BCUT2D eigenvalue weighted by molar-refractivity contribution is 0.601. The summed E-state index contributed by atoms with van der Waals surface area (Å²) in [6, 6.07) is 6.45. The van der Waals surface area contributed by atoms with Crippen LogP contribution in [0.2, 0.25) is 5.15 Å². The van der Waals surface area contributed by atoms with E-state index < -0.39 is 10.0 Å². The van der Waals surface area contributed by atoms with Crippen LogP contribution in [0.5, 0.6) is 0 Å². The second-order valence-electron chi connectivity index (χ2n) is 3.29. The largest absolute Gasteiger partial charge is 0.263 e. The normalized spacial score (nSPS) is 11.2. The molecule has 8 heteroatoms. The molecule has 0 amide bonds. The van der Waals surface area contributed by atoms with Crippen molar-refractivity contribution in [2.45, 2.75) is 4.90 Å². The first kappa shape index (κ1) is 13.5. The summed E-state index contributed by atoms with van der Waals surface area (Å²) in [5.41, 5.74) is 0. The third kappa shape index (κ3) is 3.30. The maximum absolute atomic E-state index is 12.0. The molecule has 0 aliphatic carbocycles. The molecule has 0 saturated heterocycles. The third-order valence-electron chi connectivity index (χ3n) is 1.97. The monoisotopic (exact) mass is 395 g/mol. The number of sulfonamides is 1. The van der Waals surface area contributed by atoms with E-state index in [1.807, 2.05) is 0 Å². The zero-order valence-corrected chi connectivity index (χ0v) is 12.6. The standard InChI is InChI=1S/C10H7ClIN3O2S/c11-9-5-13-6-10(14-9)15-18(16,17)8-3-1-7(12)2-4-8/h1-6H,(H,14,15). The first-order chi connectivity index (χ1) is 8.47. The summed E-state index contributed by atoms with van der Waals surface area (Å²) >= 11 is 7.73. The molecule has 0 bridgehead atoms. The van der Waals surface area contributed by atoms with Crippen molar-refractivity contribution in [1.82, 2.24) is 9.97 Å². The van der Waals surface area contributed by atoms with Crippen LogP contribution >= 0.6 is 34.2 Å². The molecule has 0 aliphatic rings. The van der Waals surface area contributed by atoms with Gasteiger partial charge in [-0.25, -0.2) is 13.4 Å². The number of halogens is 2. The van der Waals surface area contributed by atoms with E-state index in [1.165, 1.54) is 24.5 Å². The Bertz CT molecular complexity index is 661. The molecular weight excluding hydrogens is 389 g/mol. The van der Waals surface area contributed by atoms with E-state index in [9.17, 15) is 8.42 Å². The van der Waals surface area contributed by atoms with Gasteiger partial charge in [-0.05, 0) is 46.9 Å². The summed E-state index contributed by atoms with van der Waals surface area (Å²) in [6.45, 7) is 0. The van der Waals surface area contributed by atoms with Gasteiger partial charge in [0, 0.05) is 3.57 Å². The van der Waals surface area contributed by atoms with Gasteiger partial charge in [-0.15, -0.1) is 0 Å². The van der Waals surface area contributed by atoms with Crippen LogP contribution in [0.4, 0.5) is 5.82 Å². The molecule has 1 aromatic heterocycles. The van der Waals surface area contributed by atoms with Crippen molar-refractivity contribution in [2.24, 2.45) is 0 Å². The Kier molecular flexibility index (Phi) is 4.03. The predicted octanol–water partition coefficient (Wildman–Crippen LogP) is 2.54. The van der Waals surface area contributed by atoms with Crippen LogP contribution in [0.1, 0.15) is 0 Å². The minimum Gasteiger partial charge on any atom is -0.262 e. The lowest BCUT2D eigenvalue weighted by atomic mass is 10.4. The highest BCUT2D eigenvalue weighted by Gasteiger charge is 2.14. The molecule has 2 aromatic rings. The van der Waals surface area contributed by atoms with E-state index in [1.54, 1.807) is 12.1 Å². The number of hydrogen-bond donors (Lipinski definition) is 1. The fourth-order valence-corrected chi connectivity index (χ4v) is 2.69. The molecule has 2 rings (SSSR count). The molecule has 1 aromatic carbocycles. The van der Waals surface area contributed by atoms with Crippen LogP contribution in [-0.2, 0) is 10.0 Å². The van der Waals surface area contributed by atoms with E-state index in [4.69, 9.17) is 11.6 Å². The fourth-order valence-electron chi connectivity index (χ4n) is 1.20. The topological polar surface area (TPSA) is 72.0 Å². The number of anilines is 1. The summed E-state index contributed by atoms with van der Waals surface area (Å²) in [5, 5.41) is 0.123. The number of benzene rings is 1. The van der Waals surface area contributed by atoms with Crippen molar-refractivity contribution >= 4 is 50.0 Å². The molecule has 0 atom stereocenters. The smallest absolute Gasteiger partial charge is 0.262 e. The van der Waals surface area contributed by atoms with Gasteiger partial charge in [-0.2, -0.15) is 0 Å². The van der Waals surface area contributed by atoms with E-state index in [0.717, 1.165) is 3.57 Å². The van der Waals surface area contributed by atoms with Gasteiger partial charge in [-0.3, -0.25) is 9.71 Å². The number of aromatic nitrogens is 2. The lowest BCUT2D eigenvalue weighted by Crippen LogP contribution is -2.14. The Balaban J connectivity index is 2.30. The molecule has 0 spiro atoms. The van der Waals surface area contributed by atoms with Crippen LogP contribution in [0.3, 0.4) is 0 Å². The molecule has 0 aliphatic heterocycles. The average Bonchev–Trinajstić information content (AvgIpc) is 2.29. The van der Waals surface area contributed by atoms with Gasteiger partial charge >= 0.3 is 0 Å². The van der Waals surface area contributed by atoms with Crippen LogP contribution < -0.4 is 4.72 Å². The summed E-state index contributed by atoms with van der Waals surface area (Å²) in [6.07, 6.45) is 2.61. The van der Waals surface area contributed by atoms with Gasteiger partial charge in [0.1, 0.15) is 5.15 Å². The van der Waals surface area contributed by atoms with E-state index in [-0.39, 0.29) is 15.9 Å². The van der Waals surface area contributed by atoms with E-state index in [2.05, 4.69) is 37.3 Å². The minimum atomic E-state index is -3.66. The van der Waals surface area contributed by atoms with Gasteiger partial charge in [0.15, 0.2) is 5.82 Å². The lowest BCUT2D eigenvalue weighted by Gasteiger charge is -2.06. The zero-order chi connectivity index (χ0) is 13.2. The highest BCUT2D eigenvalue weighted by Crippen LogP contribution is 2.16. The zero-order valence-electron chi connectivity index (χ0n) is 8.84. The second-order valence-corrected chi connectivity index (χ2v) is 6.60. The van der Waals surface area contributed by atoms with Crippen LogP contribution in [0, 0.1) is 3.57 Å². The van der Waals surface area contributed by atoms with Crippen LogP contribution in [0.25, 0.3) is 0 Å². The maximum atomic E-state index is 12.0. The highest BCUT2D eigenvalue weighted by molar-refractivity contribution is 14.1. The summed E-state index contributed by atoms with van der Waals surface area (Å²) in [4.78, 5) is 7.72. The SMILES string of the molecule is O=S(=O)(Nc1cncc(Cl)n1)c1ccc(I)cc1. The Hall–Kier alpha value is -0.930. The molecule has 0 fully saturated rings. The molecule has 0 unspecified atom stereocenters. The quantitative estimate of drug-likeness (QED) is 0.811. The predicted molar refractivity (Wildman–Crippen MR) is 77.0 cm³/mol. The molecule has 18 heavy (non-hydrogen) atoms. The number of rotatable bonds is 3. The van der Waals surface area contributed by atoms with Gasteiger partial charge in [-0.1, -0.05) is 11.6 Å². The summed E-state index contributed by atoms with van der Waals surface area (Å²) in [5.74, 6) is 0.0843. The third-order valence-corrected chi connectivity index (χ3v) is 4.24. The van der Waals surface area contributed by atoms with Gasteiger partial charge in [0.05, 0.1) is 17.3 Å². The van der Waals surface area contributed by atoms with Crippen molar-refractivity contribution in [3.05, 3.63) is 45.4 Å². The molecule has 0 saturated carbocycles. The van der Waals surface area contributed by atoms with Gasteiger partial charge < -0.3 is 0 Å². The van der Waals surface area contributed by atoms with Crippen molar-refractivity contribution in [3.8, 4) is 0 Å². The Morgan fingerprint density at radius 1 is 1.17 bits per heavy atom. The molecule has 1 N–H and O–H groups in total. The first-order valence-electron chi connectivity index (χ1n) is 4.73. The van der Waals surface area contributed by atoms with Crippen LogP contribution in [0.15, 0.2) is 41.6 Å². The van der Waals surface area contributed by atoms with Crippen molar-refractivity contribution in [2.75, 3.05) is 4.72 Å². The second kappa shape index (κ2) is 5.37. The van der Waals surface area contributed by atoms with Crippen LogP contribution in [-0.4, -0.2) is 18.4 Å². The Labute approximate surface area is 123 Å². The summed E-state index contributed by atoms with van der Waals surface area (Å²) < 4.78 is 27.3. The highest BCUT2D eigenvalue weighted by atomic mass is 127. The number of nitrogens with one attached hydrogen (secondary N) is 1. The molecule has 0 radical (unpaired) electrons. The molecular formula is C10H7ClIN3O2S. The fraction of sp³-hybridized carbons (Fsp3) is 0. The first-order valence-corrected chi connectivity index (χ1v) is 7.67. The maximum Gasteiger partial charge on any atom is 0.263 e. The van der Waals surface area contributed by atoms with Crippen molar-refractivity contribution in [3.63, 3.8) is 0 Å². The number of nitrogens with zero attached hydrogens (tertiary/aromatic N) is 2. The van der Waals surface area contributed by atoms with Gasteiger partial charge in [0.25, 0.3) is 10.0 Å². The molecule has 5 nitrogen and oxygen atoms in total. The molecule has 1 heterocycles. The van der Waals surface area contributed by atoms with Crippen molar-refractivity contribution < 1.29 is 8.42 Å². The molecule has 94 valence electrons. The van der Waals surface area contributed by atoms with Gasteiger partial charge in [0.2, 0.25) is 0 Å². The average molecular weight is 396 g/mol. The Morgan fingerprint density at radius 3 is 2.44 bits per heavy atom. The van der Waals surface area contributed by atoms with Crippen molar-refractivity contribution in [1.29, 1.82) is 0 Å². The van der Waals surface area contributed by atoms with E-state index >= 15 is 0 Å². The Morgan fingerprint density at radius 2 is 1.83 bits per heavy atom.